The van der Waals surface area contributed by atoms with Gasteiger partial charge >= 0.3 is 0 Å². The molecule has 9 nitrogen and oxygen atoms in total. The monoisotopic (exact) mass is 1360 g/mol. The summed E-state index contributed by atoms with van der Waals surface area (Å²) in [7, 11) is 0. The third-order valence-corrected chi connectivity index (χ3v) is 21.3. The fourth-order valence-corrected chi connectivity index (χ4v) is 14.5. The maximum absolute atomic E-state index is 13.2. The highest BCUT2D eigenvalue weighted by atomic mass is 16.7. The van der Waals surface area contributed by atoms with Crippen LogP contribution in [0.3, 0.4) is 0 Å². The Labute approximate surface area is 598 Å². The fraction of sp³-hybridized carbons (Fsp3) is 0.943. The minimum atomic E-state index is -1.57. The zero-order valence-corrected chi connectivity index (χ0v) is 64.4. The summed E-state index contributed by atoms with van der Waals surface area (Å²) < 4.78 is 11.3. The number of rotatable bonds is 79. The van der Waals surface area contributed by atoms with Crippen molar-refractivity contribution in [3.8, 4) is 0 Å². The van der Waals surface area contributed by atoms with Crippen molar-refractivity contribution in [2.24, 2.45) is 0 Å². The normalized spacial score (nSPS) is 17.4. The number of unbranched alkanes of at least 4 members (excludes halogenated alkanes) is 67. The molecule has 0 saturated carbocycles. The second-order valence-corrected chi connectivity index (χ2v) is 30.7. The molecule has 0 spiro atoms. The van der Waals surface area contributed by atoms with Crippen LogP contribution in [0, 0.1) is 0 Å². The molecule has 570 valence electrons. The van der Waals surface area contributed by atoms with Crippen molar-refractivity contribution in [2.45, 2.75) is 513 Å². The van der Waals surface area contributed by atoms with Gasteiger partial charge in [-0.05, 0) is 32.1 Å². The zero-order chi connectivity index (χ0) is 69.2. The van der Waals surface area contributed by atoms with Crippen molar-refractivity contribution in [2.75, 3.05) is 13.2 Å². The molecule has 1 heterocycles. The van der Waals surface area contributed by atoms with Crippen molar-refractivity contribution in [3.63, 3.8) is 0 Å². The molecule has 0 bridgehead atoms. The third-order valence-electron chi connectivity index (χ3n) is 21.3. The van der Waals surface area contributed by atoms with E-state index >= 15 is 0 Å². The van der Waals surface area contributed by atoms with Crippen LogP contribution < -0.4 is 5.32 Å². The predicted molar refractivity (Wildman–Crippen MR) is 415 cm³/mol. The minimum Gasteiger partial charge on any atom is -0.394 e. The molecule has 0 aliphatic carbocycles. The Hall–Kier alpha value is -1.33. The summed E-state index contributed by atoms with van der Waals surface area (Å²) in [6, 6.07) is -0.822. The number of aliphatic hydroxyl groups excluding tert-OH is 5. The maximum Gasteiger partial charge on any atom is 0.220 e. The Balaban J connectivity index is 2.03. The molecular weight excluding hydrogens is 1190 g/mol. The third kappa shape index (κ3) is 63.6. The predicted octanol–water partition coefficient (Wildman–Crippen LogP) is 25.5. The van der Waals surface area contributed by atoms with Gasteiger partial charge in [0.2, 0.25) is 5.91 Å². The molecule has 1 aliphatic rings. The zero-order valence-electron chi connectivity index (χ0n) is 64.4. The van der Waals surface area contributed by atoms with Crippen molar-refractivity contribution in [1.82, 2.24) is 5.32 Å². The number of ether oxygens (including phenoxy) is 2. The molecule has 0 aromatic heterocycles. The highest BCUT2D eigenvalue weighted by molar-refractivity contribution is 5.76. The van der Waals surface area contributed by atoms with Gasteiger partial charge in [-0.3, -0.25) is 4.79 Å². The quantitative estimate of drug-likeness (QED) is 0.0261. The minimum absolute atomic E-state index is 0.175. The van der Waals surface area contributed by atoms with Gasteiger partial charge in [0.05, 0.1) is 25.4 Å². The first kappa shape index (κ1) is 92.7. The van der Waals surface area contributed by atoms with Crippen molar-refractivity contribution in [1.29, 1.82) is 0 Å². The van der Waals surface area contributed by atoms with E-state index in [0.29, 0.717) is 6.42 Å². The standard InChI is InChI=1S/C87H169NO8/c1-3-5-7-9-11-13-15-17-19-21-23-25-27-29-31-33-35-37-38-39-40-41-42-43-44-45-47-49-51-53-55-57-59-61-63-65-67-69-71-73-75-77-83(91)88-80(79-95-87-86(94)85(93)84(92)82(78-89)96-87)81(90)76-74-72-70-68-66-64-62-60-58-56-54-52-50-48-46-36-34-32-30-28-26-24-22-20-18-16-14-12-10-8-6-4-2/h66,68,74,76,80-82,84-87,89-90,92-94H,3-65,67,69-73,75,77-79H2,1-2H3,(H,88,91)/b68-66+,76-74+. The summed E-state index contributed by atoms with van der Waals surface area (Å²) in [5, 5.41) is 54.9. The number of hydrogen-bond acceptors (Lipinski definition) is 8. The highest BCUT2D eigenvalue weighted by Crippen LogP contribution is 2.24. The van der Waals surface area contributed by atoms with Gasteiger partial charge in [-0.15, -0.1) is 0 Å². The summed E-state index contributed by atoms with van der Waals surface area (Å²) in [5.74, 6) is -0.175. The Kier molecular flexibility index (Phi) is 73.7. The molecule has 7 atom stereocenters. The van der Waals surface area contributed by atoms with E-state index in [-0.39, 0.29) is 12.5 Å². The lowest BCUT2D eigenvalue weighted by Gasteiger charge is -2.40. The first-order valence-electron chi connectivity index (χ1n) is 43.6. The molecule has 6 N–H and O–H groups in total. The molecule has 0 aromatic rings. The van der Waals surface area contributed by atoms with E-state index in [2.05, 4.69) is 31.3 Å². The van der Waals surface area contributed by atoms with E-state index in [1.807, 2.05) is 6.08 Å². The number of aliphatic hydroxyl groups is 5. The van der Waals surface area contributed by atoms with Crippen LogP contribution >= 0.6 is 0 Å². The van der Waals surface area contributed by atoms with Gasteiger partial charge in [-0.2, -0.15) is 0 Å². The topological polar surface area (TPSA) is 149 Å². The largest absolute Gasteiger partial charge is 0.394 e. The van der Waals surface area contributed by atoms with Gasteiger partial charge in [-0.25, -0.2) is 0 Å². The number of nitrogens with one attached hydrogen (secondary N) is 1. The van der Waals surface area contributed by atoms with Crippen LogP contribution in [-0.2, 0) is 14.3 Å². The fourth-order valence-electron chi connectivity index (χ4n) is 14.5. The van der Waals surface area contributed by atoms with E-state index < -0.39 is 49.5 Å². The van der Waals surface area contributed by atoms with Crippen molar-refractivity contribution in [3.05, 3.63) is 24.3 Å². The SMILES string of the molecule is CCCCCCCCCCCCCCCCCCCCCCCCCCCC/C=C/CC/C=C/C(O)C(COC1OC(CO)C(O)C(O)C1O)NC(=O)CCCCCCCCCCCCCCCCCCCCCCCCCCCCCCCCCCCCCCCCCCC. The molecule has 1 aliphatic heterocycles. The van der Waals surface area contributed by atoms with Crippen LogP contribution in [-0.4, -0.2) is 87.5 Å². The van der Waals surface area contributed by atoms with E-state index in [0.717, 1.165) is 38.5 Å². The number of amides is 1. The molecule has 9 heteroatoms. The van der Waals surface area contributed by atoms with Gasteiger partial charge in [0.1, 0.15) is 24.4 Å². The van der Waals surface area contributed by atoms with Crippen LogP contribution in [0.25, 0.3) is 0 Å². The van der Waals surface area contributed by atoms with E-state index in [9.17, 15) is 30.3 Å². The van der Waals surface area contributed by atoms with Crippen molar-refractivity contribution < 1.29 is 39.8 Å². The Morgan fingerprint density at radius 1 is 0.344 bits per heavy atom. The Morgan fingerprint density at radius 2 is 0.594 bits per heavy atom. The second kappa shape index (κ2) is 76.3. The summed E-state index contributed by atoms with van der Waals surface area (Å²) in [6.45, 7) is 3.84. The Morgan fingerprint density at radius 3 is 0.875 bits per heavy atom. The van der Waals surface area contributed by atoms with Crippen molar-refractivity contribution >= 4 is 5.91 Å². The van der Waals surface area contributed by atoms with E-state index in [4.69, 9.17) is 9.47 Å². The van der Waals surface area contributed by atoms with Crippen LogP contribution in [0.5, 0.6) is 0 Å². The first-order valence-corrected chi connectivity index (χ1v) is 43.6. The van der Waals surface area contributed by atoms with Crippen LogP contribution in [0.2, 0.25) is 0 Å². The number of hydrogen-bond donors (Lipinski definition) is 6. The second-order valence-electron chi connectivity index (χ2n) is 30.7. The summed E-state index contributed by atoms with van der Waals surface area (Å²) in [4.78, 5) is 13.2. The summed E-state index contributed by atoms with van der Waals surface area (Å²) in [6.07, 6.45) is 96.7. The van der Waals surface area contributed by atoms with Crippen LogP contribution in [0.4, 0.5) is 0 Å². The average molecular weight is 1360 g/mol. The maximum atomic E-state index is 13.2. The molecule has 7 unspecified atom stereocenters. The average Bonchev–Trinajstić information content (AvgIpc) is 0.845. The molecule has 1 amide bonds. The van der Waals surface area contributed by atoms with Gasteiger partial charge in [0, 0.05) is 6.42 Å². The summed E-state index contributed by atoms with van der Waals surface area (Å²) >= 11 is 0. The molecular formula is C87H169NO8. The highest BCUT2D eigenvalue weighted by Gasteiger charge is 2.44. The number of carbonyl (C=O) groups is 1. The molecule has 1 fully saturated rings. The lowest BCUT2D eigenvalue weighted by atomic mass is 9.99. The van der Waals surface area contributed by atoms with Crippen LogP contribution in [0.1, 0.15) is 470 Å². The van der Waals surface area contributed by atoms with E-state index in [1.165, 1.54) is 411 Å². The molecule has 1 rings (SSSR count). The number of allylic oxidation sites excluding steroid dienone is 3. The Bertz CT molecular complexity index is 1570. The van der Waals surface area contributed by atoms with Gasteiger partial charge in [-0.1, -0.05) is 456 Å². The van der Waals surface area contributed by atoms with Crippen LogP contribution in [0.15, 0.2) is 24.3 Å². The first-order chi connectivity index (χ1) is 47.3. The smallest absolute Gasteiger partial charge is 0.220 e. The molecule has 0 aromatic carbocycles. The molecule has 1 saturated heterocycles. The molecule has 0 radical (unpaired) electrons. The lowest BCUT2D eigenvalue weighted by molar-refractivity contribution is -0.302. The van der Waals surface area contributed by atoms with Gasteiger partial charge < -0.3 is 40.3 Å². The number of carbonyl (C=O) groups excluding carboxylic acids is 1. The molecule has 96 heavy (non-hydrogen) atoms. The summed E-state index contributed by atoms with van der Waals surface area (Å²) in [5.41, 5.74) is 0. The van der Waals surface area contributed by atoms with Gasteiger partial charge in [0.15, 0.2) is 6.29 Å². The lowest BCUT2D eigenvalue weighted by Crippen LogP contribution is -2.60. The van der Waals surface area contributed by atoms with Gasteiger partial charge in [0.25, 0.3) is 0 Å². The van der Waals surface area contributed by atoms with E-state index in [1.54, 1.807) is 6.08 Å².